The Hall–Kier alpha value is -3.57. The number of carbonyl (C=O) groups excluding carboxylic acids is 2. The maximum Gasteiger partial charge on any atom is 0.301 e. The Morgan fingerprint density at radius 1 is 1.02 bits per heavy atom. The van der Waals surface area contributed by atoms with Crippen LogP contribution >= 0.6 is 46.3 Å². The van der Waals surface area contributed by atoms with E-state index in [1.807, 2.05) is 37.3 Å². The van der Waals surface area contributed by atoms with Gasteiger partial charge in [-0.3, -0.25) is 14.5 Å². The molecule has 214 valence electrons. The molecule has 6 rings (SSSR count). The average Bonchev–Trinajstić information content (AvgIpc) is 3.57. The second-order valence-corrected chi connectivity index (χ2v) is 12.5. The van der Waals surface area contributed by atoms with Gasteiger partial charge in [-0.2, -0.15) is 0 Å². The Morgan fingerprint density at radius 3 is 2.52 bits per heavy atom. The van der Waals surface area contributed by atoms with Gasteiger partial charge < -0.3 is 14.6 Å². The summed E-state index contributed by atoms with van der Waals surface area (Å²) in [7, 11) is 0. The summed E-state index contributed by atoms with van der Waals surface area (Å²) in [5, 5.41) is 21.4. The van der Waals surface area contributed by atoms with Gasteiger partial charge in [0.2, 0.25) is 5.13 Å². The van der Waals surface area contributed by atoms with Gasteiger partial charge in [-0.15, -0.1) is 10.2 Å². The van der Waals surface area contributed by atoms with Crippen LogP contribution in [0.25, 0.3) is 5.76 Å². The molecule has 0 saturated carbocycles. The molecule has 2 aliphatic heterocycles. The number of benzene rings is 3. The Labute approximate surface area is 259 Å². The summed E-state index contributed by atoms with van der Waals surface area (Å²) in [5.41, 5.74) is 2.92. The number of nitrogens with zero attached hydrogens (tertiary/aromatic N) is 3. The van der Waals surface area contributed by atoms with Crippen LogP contribution in [-0.4, -0.2) is 40.2 Å². The van der Waals surface area contributed by atoms with Crippen molar-refractivity contribution in [2.45, 2.75) is 29.5 Å². The highest BCUT2D eigenvalue weighted by Gasteiger charge is 2.48. The van der Waals surface area contributed by atoms with Gasteiger partial charge in [0.15, 0.2) is 15.8 Å². The van der Waals surface area contributed by atoms with E-state index in [4.69, 9.17) is 32.7 Å². The summed E-state index contributed by atoms with van der Waals surface area (Å²) in [6.45, 7) is 2.83. The quantitative estimate of drug-likeness (QED) is 0.0751. The van der Waals surface area contributed by atoms with Crippen molar-refractivity contribution in [3.63, 3.8) is 0 Å². The first kappa shape index (κ1) is 28.5. The van der Waals surface area contributed by atoms with E-state index in [2.05, 4.69) is 10.2 Å². The molecule has 0 radical (unpaired) electrons. The molecule has 0 aliphatic carbocycles. The van der Waals surface area contributed by atoms with Crippen LogP contribution in [0.2, 0.25) is 10.0 Å². The van der Waals surface area contributed by atoms with Crippen molar-refractivity contribution >= 4 is 68.9 Å². The first-order chi connectivity index (χ1) is 20.3. The lowest BCUT2D eigenvalue weighted by Crippen LogP contribution is -2.29. The number of ketones is 1. The molecule has 0 bridgehead atoms. The van der Waals surface area contributed by atoms with E-state index in [9.17, 15) is 14.7 Å². The predicted molar refractivity (Wildman–Crippen MR) is 164 cm³/mol. The van der Waals surface area contributed by atoms with Crippen LogP contribution in [0.15, 0.2) is 70.6 Å². The van der Waals surface area contributed by atoms with E-state index in [0.29, 0.717) is 56.0 Å². The van der Waals surface area contributed by atoms with Crippen LogP contribution in [0.1, 0.15) is 35.2 Å². The number of thioether (sulfide) groups is 1. The number of Topliss-reactive ketones (excluding diaryl/α,β-unsaturated/α-hetero) is 1. The van der Waals surface area contributed by atoms with Crippen LogP contribution < -0.4 is 14.4 Å². The Morgan fingerprint density at radius 2 is 1.79 bits per heavy atom. The number of aromatic nitrogens is 2. The number of halogens is 2. The number of hydrogen-bond donors (Lipinski definition) is 1. The van der Waals surface area contributed by atoms with Crippen molar-refractivity contribution in [2.24, 2.45) is 0 Å². The molecule has 1 N–H and O–H groups in total. The fraction of sp³-hybridized carbons (Fsp3) is 0.200. The van der Waals surface area contributed by atoms with Gasteiger partial charge in [0, 0.05) is 21.4 Å². The zero-order valence-electron chi connectivity index (χ0n) is 22.2. The zero-order chi connectivity index (χ0) is 29.4. The Balaban J connectivity index is 1.38. The second kappa shape index (κ2) is 12.0. The maximum atomic E-state index is 13.5. The third-order valence-electron chi connectivity index (χ3n) is 6.93. The number of aryl methyl sites for hydroxylation is 1. The highest BCUT2D eigenvalue weighted by Crippen LogP contribution is 2.45. The minimum atomic E-state index is -0.916. The predicted octanol–water partition coefficient (Wildman–Crippen LogP) is 7.10. The molecule has 1 atom stereocenters. The first-order valence-corrected chi connectivity index (χ1v) is 15.6. The summed E-state index contributed by atoms with van der Waals surface area (Å²) in [4.78, 5) is 28.4. The monoisotopic (exact) mass is 639 g/mol. The van der Waals surface area contributed by atoms with E-state index in [0.717, 1.165) is 17.5 Å². The first-order valence-electron chi connectivity index (χ1n) is 13.0. The molecule has 3 heterocycles. The summed E-state index contributed by atoms with van der Waals surface area (Å²) < 4.78 is 11.8. The summed E-state index contributed by atoms with van der Waals surface area (Å²) in [6.07, 6.45) is 0.826. The van der Waals surface area contributed by atoms with Gasteiger partial charge in [-0.25, -0.2) is 0 Å². The highest BCUT2D eigenvalue weighted by atomic mass is 35.5. The van der Waals surface area contributed by atoms with Crippen molar-refractivity contribution in [3.05, 3.63) is 98.5 Å². The minimum Gasteiger partial charge on any atom is -0.507 e. The molecule has 1 unspecified atom stereocenters. The highest BCUT2D eigenvalue weighted by molar-refractivity contribution is 8.00. The molecular formula is C30H23Cl2N3O5S2. The lowest BCUT2D eigenvalue weighted by molar-refractivity contribution is -0.132. The van der Waals surface area contributed by atoms with E-state index < -0.39 is 17.7 Å². The van der Waals surface area contributed by atoms with Crippen molar-refractivity contribution < 1.29 is 24.2 Å². The number of aliphatic hydroxyl groups is 1. The number of anilines is 1. The number of aliphatic hydroxyl groups excluding tert-OH is 1. The van der Waals surface area contributed by atoms with Crippen molar-refractivity contribution in [3.8, 4) is 11.5 Å². The molecule has 0 spiro atoms. The average molecular weight is 641 g/mol. The van der Waals surface area contributed by atoms with Gasteiger partial charge in [0.1, 0.15) is 19.0 Å². The zero-order valence-corrected chi connectivity index (χ0v) is 25.3. The molecule has 1 aromatic heterocycles. The van der Waals surface area contributed by atoms with Gasteiger partial charge in [0.05, 0.1) is 11.6 Å². The lowest BCUT2D eigenvalue weighted by Gasteiger charge is -2.23. The lowest BCUT2D eigenvalue weighted by atomic mass is 9.94. The van der Waals surface area contributed by atoms with E-state index in [1.54, 1.807) is 30.3 Å². The topological polar surface area (TPSA) is 102 Å². The fourth-order valence-corrected chi connectivity index (χ4v) is 7.19. The fourth-order valence-electron chi connectivity index (χ4n) is 4.76. The van der Waals surface area contributed by atoms with E-state index in [1.165, 1.54) is 28.0 Å². The number of amides is 1. The number of rotatable bonds is 7. The molecule has 4 aromatic rings. The number of ether oxygens (including phenoxy) is 2. The van der Waals surface area contributed by atoms with E-state index in [-0.39, 0.29) is 16.5 Å². The summed E-state index contributed by atoms with van der Waals surface area (Å²) in [6, 6.07) is 16.9. The third kappa shape index (κ3) is 5.47. The van der Waals surface area contributed by atoms with Crippen LogP contribution in [0.3, 0.4) is 0 Å². The smallest absolute Gasteiger partial charge is 0.301 e. The molecule has 12 heteroatoms. The Bertz CT molecular complexity index is 1720. The largest absolute Gasteiger partial charge is 0.507 e. The Kier molecular flexibility index (Phi) is 8.13. The van der Waals surface area contributed by atoms with Crippen molar-refractivity contribution in [1.29, 1.82) is 0 Å². The molecule has 3 aromatic carbocycles. The van der Waals surface area contributed by atoms with Gasteiger partial charge >= 0.3 is 5.91 Å². The standard InChI is InChI=1S/C30H23Cl2N3O5S2/c1-2-16-3-5-17(6-4-16)25-24(26(36)18-8-10-22-23(13-18)40-12-11-39-22)27(37)28(38)35(25)29-33-34-30(42-29)41-15-19-7-9-20(31)14-21(19)32/h3-10,13-14,25,36H,2,11-12,15H2,1H3/b26-24+. The van der Waals surface area contributed by atoms with Crippen LogP contribution in [0.4, 0.5) is 5.13 Å². The molecule has 8 nitrogen and oxygen atoms in total. The maximum absolute atomic E-state index is 13.5. The second-order valence-electron chi connectivity index (χ2n) is 9.50. The van der Waals surface area contributed by atoms with Crippen molar-refractivity contribution in [2.75, 3.05) is 18.1 Å². The number of fused-ring (bicyclic) bond motifs is 1. The number of carbonyl (C=O) groups is 2. The molecule has 1 amide bonds. The molecule has 42 heavy (non-hydrogen) atoms. The van der Waals surface area contributed by atoms with Gasteiger partial charge in [-0.1, -0.05) is 83.6 Å². The molecule has 1 saturated heterocycles. The molecule has 2 aliphatic rings. The summed E-state index contributed by atoms with van der Waals surface area (Å²) in [5.74, 6) is -0.417. The van der Waals surface area contributed by atoms with Crippen LogP contribution in [-0.2, 0) is 21.8 Å². The van der Waals surface area contributed by atoms with Gasteiger partial charge in [-0.05, 0) is 53.4 Å². The SMILES string of the molecule is CCc1ccc(C2/C(=C(\O)c3ccc4c(c3)OCCO4)C(=O)C(=O)N2c2nnc(SCc3ccc(Cl)cc3Cl)s2)cc1. The summed E-state index contributed by atoms with van der Waals surface area (Å²) >= 11 is 14.9. The molecule has 1 fully saturated rings. The van der Waals surface area contributed by atoms with Gasteiger partial charge in [0.25, 0.3) is 5.78 Å². The van der Waals surface area contributed by atoms with E-state index >= 15 is 0 Å². The number of hydrogen-bond acceptors (Lipinski definition) is 9. The minimum absolute atomic E-state index is 0.0433. The van der Waals surface area contributed by atoms with Crippen molar-refractivity contribution in [1.82, 2.24) is 10.2 Å². The van der Waals surface area contributed by atoms with Crippen LogP contribution in [0.5, 0.6) is 11.5 Å². The van der Waals surface area contributed by atoms with Crippen LogP contribution in [0, 0.1) is 0 Å². The molecular weight excluding hydrogens is 617 g/mol. The normalized spacial score (nSPS) is 17.6. The third-order valence-corrected chi connectivity index (χ3v) is 9.62.